The van der Waals surface area contributed by atoms with Crippen molar-refractivity contribution in [3.8, 4) is 11.1 Å². The molecule has 0 fully saturated rings. The molecule has 8 heteroatoms. The first-order valence-electron chi connectivity index (χ1n) is 8.82. The first kappa shape index (κ1) is 17.2. The SMILES string of the molecule is O=c1cnc2ccncc2n1Cc1c(F)cc(-c2cccc3[nH]ncc23)cc1F. The Hall–Kier alpha value is -3.94. The molecule has 0 spiro atoms. The highest BCUT2D eigenvalue weighted by Crippen LogP contribution is 2.30. The molecule has 0 aliphatic rings. The van der Waals surface area contributed by atoms with Gasteiger partial charge in [-0.3, -0.25) is 19.4 Å². The number of aromatic nitrogens is 5. The smallest absolute Gasteiger partial charge is 0.269 e. The Morgan fingerprint density at radius 3 is 2.69 bits per heavy atom. The van der Waals surface area contributed by atoms with Crippen molar-refractivity contribution in [1.29, 1.82) is 0 Å². The monoisotopic (exact) mass is 389 g/mol. The van der Waals surface area contributed by atoms with Gasteiger partial charge in [0, 0.05) is 17.1 Å². The Bertz CT molecular complexity index is 1420. The van der Waals surface area contributed by atoms with E-state index >= 15 is 0 Å². The van der Waals surface area contributed by atoms with Crippen LogP contribution in [0.4, 0.5) is 8.78 Å². The van der Waals surface area contributed by atoms with Crippen LogP contribution in [0.3, 0.4) is 0 Å². The van der Waals surface area contributed by atoms with Crippen LogP contribution in [0.15, 0.2) is 66.0 Å². The average Bonchev–Trinajstić information content (AvgIpc) is 3.21. The number of hydrogen-bond acceptors (Lipinski definition) is 4. The molecule has 5 rings (SSSR count). The van der Waals surface area contributed by atoms with Gasteiger partial charge in [-0.2, -0.15) is 5.10 Å². The number of H-pyrrole nitrogens is 1. The Morgan fingerprint density at radius 1 is 1.03 bits per heavy atom. The van der Waals surface area contributed by atoms with Crippen LogP contribution in [-0.2, 0) is 6.54 Å². The zero-order valence-electron chi connectivity index (χ0n) is 14.9. The summed E-state index contributed by atoms with van der Waals surface area (Å²) in [6.07, 6.45) is 5.74. The molecular weight excluding hydrogens is 376 g/mol. The molecule has 0 aliphatic carbocycles. The molecular formula is C21H13F2N5O. The summed E-state index contributed by atoms with van der Waals surface area (Å²) in [5, 5.41) is 7.59. The van der Waals surface area contributed by atoms with E-state index in [1.54, 1.807) is 24.4 Å². The van der Waals surface area contributed by atoms with Crippen molar-refractivity contribution < 1.29 is 8.78 Å². The third kappa shape index (κ3) is 2.85. The predicted octanol–water partition coefficient (Wildman–Crippen LogP) is 3.66. The summed E-state index contributed by atoms with van der Waals surface area (Å²) in [5.41, 5.74) is 2.09. The minimum Gasteiger partial charge on any atom is -0.299 e. The summed E-state index contributed by atoms with van der Waals surface area (Å²) in [6, 6.07) is 9.57. The number of hydrogen-bond donors (Lipinski definition) is 1. The lowest BCUT2D eigenvalue weighted by molar-refractivity contribution is 0.545. The minimum absolute atomic E-state index is 0.202. The molecule has 0 radical (unpaired) electrons. The van der Waals surface area contributed by atoms with E-state index in [-0.39, 0.29) is 12.1 Å². The molecule has 0 aliphatic heterocycles. The van der Waals surface area contributed by atoms with Crippen molar-refractivity contribution in [2.24, 2.45) is 0 Å². The fourth-order valence-corrected chi connectivity index (χ4v) is 3.46. The largest absolute Gasteiger partial charge is 0.299 e. The van der Waals surface area contributed by atoms with Crippen molar-refractivity contribution in [2.45, 2.75) is 6.54 Å². The second-order valence-corrected chi connectivity index (χ2v) is 6.60. The first-order valence-corrected chi connectivity index (χ1v) is 8.82. The van der Waals surface area contributed by atoms with Crippen LogP contribution in [0.2, 0.25) is 0 Å². The summed E-state index contributed by atoms with van der Waals surface area (Å²) in [5.74, 6) is -1.47. The average molecular weight is 389 g/mol. The lowest BCUT2D eigenvalue weighted by Gasteiger charge is -2.12. The summed E-state index contributed by atoms with van der Waals surface area (Å²) in [4.78, 5) is 20.3. The van der Waals surface area contributed by atoms with Crippen LogP contribution in [0.5, 0.6) is 0 Å². The van der Waals surface area contributed by atoms with Gasteiger partial charge in [0.15, 0.2) is 0 Å². The maximum atomic E-state index is 14.9. The Morgan fingerprint density at radius 2 is 1.86 bits per heavy atom. The van der Waals surface area contributed by atoms with Gasteiger partial charge in [0.2, 0.25) is 0 Å². The number of halogens is 2. The number of aromatic amines is 1. The van der Waals surface area contributed by atoms with E-state index in [1.807, 2.05) is 6.07 Å². The second kappa shape index (κ2) is 6.59. The zero-order chi connectivity index (χ0) is 20.0. The van der Waals surface area contributed by atoms with E-state index in [0.717, 1.165) is 17.1 Å². The molecule has 6 nitrogen and oxygen atoms in total. The van der Waals surface area contributed by atoms with Crippen molar-refractivity contribution in [2.75, 3.05) is 0 Å². The number of pyridine rings is 1. The predicted molar refractivity (Wildman–Crippen MR) is 104 cm³/mol. The molecule has 142 valence electrons. The summed E-state index contributed by atoms with van der Waals surface area (Å²) in [6.45, 7) is -0.266. The third-order valence-corrected chi connectivity index (χ3v) is 4.90. The Labute approximate surface area is 162 Å². The van der Waals surface area contributed by atoms with Crippen LogP contribution in [0.25, 0.3) is 33.1 Å². The van der Waals surface area contributed by atoms with Gasteiger partial charge < -0.3 is 0 Å². The Kier molecular flexibility index (Phi) is 3.90. The van der Waals surface area contributed by atoms with Gasteiger partial charge in [-0.25, -0.2) is 13.8 Å². The molecule has 29 heavy (non-hydrogen) atoms. The summed E-state index contributed by atoms with van der Waals surface area (Å²) >= 11 is 0. The molecule has 1 N–H and O–H groups in total. The van der Waals surface area contributed by atoms with E-state index in [9.17, 15) is 13.6 Å². The molecule has 5 aromatic rings. The van der Waals surface area contributed by atoms with Crippen molar-refractivity contribution in [3.05, 3.63) is 88.7 Å². The van der Waals surface area contributed by atoms with E-state index in [2.05, 4.69) is 20.2 Å². The first-order chi connectivity index (χ1) is 14.1. The van der Waals surface area contributed by atoms with Crippen LogP contribution < -0.4 is 5.56 Å². The van der Waals surface area contributed by atoms with Crippen LogP contribution in [0, 0.1) is 11.6 Å². The topological polar surface area (TPSA) is 76.5 Å². The normalized spacial score (nSPS) is 11.4. The molecule has 0 saturated carbocycles. The highest BCUT2D eigenvalue weighted by Gasteiger charge is 2.16. The van der Waals surface area contributed by atoms with E-state index in [4.69, 9.17) is 0 Å². The summed E-state index contributed by atoms with van der Waals surface area (Å²) in [7, 11) is 0. The number of nitrogens with zero attached hydrogens (tertiary/aromatic N) is 4. The maximum absolute atomic E-state index is 14.9. The Balaban J connectivity index is 1.63. The van der Waals surface area contributed by atoms with Crippen LogP contribution in [0.1, 0.15) is 5.56 Å². The van der Waals surface area contributed by atoms with E-state index in [1.165, 1.54) is 29.1 Å². The molecule has 0 bridgehead atoms. The van der Waals surface area contributed by atoms with E-state index in [0.29, 0.717) is 22.2 Å². The van der Waals surface area contributed by atoms with Gasteiger partial charge in [0.1, 0.15) is 11.6 Å². The van der Waals surface area contributed by atoms with Gasteiger partial charge in [-0.1, -0.05) is 12.1 Å². The lowest BCUT2D eigenvalue weighted by Crippen LogP contribution is -2.22. The van der Waals surface area contributed by atoms with Gasteiger partial charge >= 0.3 is 0 Å². The fraction of sp³-hybridized carbons (Fsp3) is 0.0476. The molecule has 0 atom stereocenters. The zero-order valence-corrected chi connectivity index (χ0v) is 14.9. The van der Waals surface area contributed by atoms with Crippen molar-refractivity contribution >= 4 is 21.9 Å². The molecule has 2 aromatic carbocycles. The van der Waals surface area contributed by atoms with Gasteiger partial charge in [-0.15, -0.1) is 0 Å². The number of rotatable bonds is 3. The van der Waals surface area contributed by atoms with Crippen molar-refractivity contribution in [1.82, 2.24) is 24.7 Å². The fourth-order valence-electron chi connectivity index (χ4n) is 3.46. The maximum Gasteiger partial charge on any atom is 0.269 e. The highest BCUT2D eigenvalue weighted by atomic mass is 19.1. The standard InChI is InChI=1S/C21H13F2N5O/c22-16-6-12(13-2-1-3-18-14(13)8-26-27-18)7-17(23)15(16)11-28-20-9-24-5-4-19(20)25-10-21(28)29/h1-10H,11H2,(H,26,27). The number of benzene rings is 2. The molecule has 0 amide bonds. The highest BCUT2D eigenvalue weighted by molar-refractivity contribution is 5.94. The van der Waals surface area contributed by atoms with Gasteiger partial charge in [0.05, 0.1) is 41.7 Å². The van der Waals surface area contributed by atoms with Crippen LogP contribution >= 0.6 is 0 Å². The quantitative estimate of drug-likeness (QED) is 0.511. The number of nitrogens with one attached hydrogen (secondary N) is 1. The molecule has 0 unspecified atom stereocenters. The van der Waals surface area contributed by atoms with Gasteiger partial charge in [0.25, 0.3) is 5.56 Å². The molecule has 3 aromatic heterocycles. The summed E-state index contributed by atoms with van der Waals surface area (Å²) < 4.78 is 31.1. The third-order valence-electron chi connectivity index (χ3n) is 4.90. The van der Waals surface area contributed by atoms with Gasteiger partial charge in [-0.05, 0) is 35.4 Å². The molecule has 3 heterocycles. The lowest BCUT2D eigenvalue weighted by atomic mass is 10.00. The van der Waals surface area contributed by atoms with Crippen LogP contribution in [-0.4, -0.2) is 24.7 Å². The minimum atomic E-state index is -0.735. The second-order valence-electron chi connectivity index (χ2n) is 6.60. The molecule has 0 saturated heterocycles. The number of fused-ring (bicyclic) bond motifs is 2. The van der Waals surface area contributed by atoms with E-state index < -0.39 is 17.2 Å². The van der Waals surface area contributed by atoms with Crippen molar-refractivity contribution in [3.63, 3.8) is 0 Å².